The number of para-hydroxylation sites is 1. The molecule has 1 heterocycles. The fourth-order valence-corrected chi connectivity index (χ4v) is 5.83. The van der Waals surface area contributed by atoms with Crippen LogP contribution in [0.25, 0.3) is 10.2 Å². The Morgan fingerprint density at radius 3 is 2.39 bits per heavy atom. The maximum absolute atomic E-state index is 12.9. The third kappa shape index (κ3) is 4.21. The number of halogens is 1. The highest BCUT2D eigenvalue weighted by Gasteiger charge is 2.21. The second-order valence-electron chi connectivity index (χ2n) is 6.81. The predicted octanol–water partition coefficient (Wildman–Crippen LogP) is 4.57. The van der Waals surface area contributed by atoms with Crippen LogP contribution in [0, 0.1) is 0 Å². The van der Waals surface area contributed by atoms with Crippen molar-refractivity contribution in [1.29, 1.82) is 0 Å². The minimum atomic E-state index is -3.74. The topological polar surface area (TPSA) is 71.7 Å². The van der Waals surface area contributed by atoms with Gasteiger partial charge in [-0.3, -0.25) is 9.10 Å². The monoisotopic (exact) mass is 515 g/mol. The Labute approximate surface area is 192 Å². The van der Waals surface area contributed by atoms with E-state index in [0.717, 1.165) is 14.7 Å². The van der Waals surface area contributed by atoms with E-state index in [1.54, 1.807) is 24.3 Å². The van der Waals surface area contributed by atoms with E-state index in [-0.39, 0.29) is 4.90 Å². The van der Waals surface area contributed by atoms with Crippen LogP contribution < -0.4 is 9.11 Å². The lowest BCUT2D eigenvalue weighted by molar-refractivity contribution is 0.0998. The molecule has 0 N–H and O–H groups in total. The van der Waals surface area contributed by atoms with Crippen LogP contribution in [0.3, 0.4) is 0 Å². The number of carbonyl (C=O) groups excluding carboxylic acids is 1. The number of nitrogens with zero attached hydrogens (tertiary/aromatic N) is 3. The molecule has 0 aliphatic heterocycles. The number of thiazole rings is 1. The molecule has 6 nitrogen and oxygen atoms in total. The molecule has 1 amide bonds. The average Bonchev–Trinajstić information content (AvgIpc) is 3.08. The number of aromatic nitrogens is 1. The Morgan fingerprint density at radius 1 is 1.03 bits per heavy atom. The number of sulfonamides is 1. The summed E-state index contributed by atoms with van der Waals surface area (Å²) in [5.41, 5.74) is 1.85. The second kappa shape index (κ2) is 8.41. The number of benzene rings is 3. The zero-order valence-corrected chi connectivity index (χ0v) is 19.9. The van der Waals surface area contributed by atoms with Gasteiger partial charge in [0.05, 0.1) is 20.8 Å². The first-order valence-corrected chi connectivity index (χ1v) is 12.3. The van der Waals surface area contributed by atoms with Crippen molar-refractivity contribution >= 4 is 59.1 Å². The minimum absolute atomic E-state index is 0.104. The molecule has 31 heavy (non-hydrogen) atoms. The number of amides is 1. The first kappa shape index (κ1) is 21.5. The molecule has 0 saturated carbocycles. The van der Waals surface area contributed by atoms with Gasteiger partial charge in [0.15, 0.2) is 4.80 Å². The fourth-order valence-electron chi connectivity index (χ4n) is 3.07. The Hall–Kier alpha value is -2.75. The molecular weight excluding hydrogens is 498 g/mol. The molecule has 0 bridgehead atoms. The molecule has 0 atom stereocenters. The normalized spacial score (nSPS) is 12.3. The minimum Gasteiger partial charge on any atom is -0.319 e. The third-order valence-electron chi connectivity index (χ3n) is 4.85. The molecule has 0 unspecified atom stereocenters. The van der Waals surface area contributed by atoms with Crippen LogP contribution >= 0.6 is 27.3 Å². The van der Waals surface area contributed by atoms with E-state index in [4.69, 9.17) is 0 Å². The first-order valence-electron chi connectivity index (χ1n) is 9.25. The quantitative estimate of drug-likeness (QED) is 0.399. The number of aryl methyl sites for hydroxylation is 1. The highest BCUT2D eigenvalue weighted by atomic mass is 79.9. The van der Waals surface area contributed by atoms with Crippen LogP contribution in [-0.2, 0) is 17.1 Å². The van der Waals surface area contributed by atoms with Crippen molar-refractivity contribution in [2.24, 2.45) is 12.0 Å². The van der Waals surface area contributed by atoms with E-state index >= 15 is 0 Å². The molecule has 4 rings (SSSR count). The van der Waals surface area contributed by atoms with Crippen molar-refractivity contribution in [3.63, 3.8) is 0 Å². The van der Waals surface area contributed by atoms with Gasteiger partial charge in [-0.05, 0) is 54.6 Å². The fraction of sp³-hybridized carbons (Fsp3) is 0.0909. The van der Waals surface area contributed by atoms with E-state index in [1.807, 2.05) is 35.9 Å². The van der Waals surface area contributed by atoms with Crippen LogP contribution in [0.1, 0.15) is 10.4 Å². The number of hydrogen-bond acceptors (Lipinski definition) is 4. The van der Waals surface area contributed by atoms with Gasteiger partial charge in [-0.15, -0.1) is 0 Å². The summed E-state index contributed by atoms with van der Waals surface area (Å²) < 4.78 is 30.8. The molecule has 0 aliphatic carbocycles. The van der Waals surface area contributed by atoms with Gasteiger partial charge in [0.1, 0.15) is 0 Å². The van der Waals surface area contributed by atoms with E-state index in [0.29, 0.717) is 16.1 Å². The lowest BCUT2D eigenvalue weighted by Gasteiger charge is -2.19. The Kier molecular flexibility index (Phi) is 5.83. The van der Waals surface area contributed by atoms with Crippen molar-refractivity contribution < 1.29 is 13.2 Å². The van der Waals surface area contributed by atoms with Crippen molar-refractivity contribution in [2.75, 3.05) is 11.4 Å². The highest BCUT2D eigenvalue weighted by Crippen LogP contribution is 2.23. The van der Waals surface area contributed by atoms with Gasteiger partial charge in [-0.25, -0.2) is 8.42 Å². The molecule has 4 aromatic rings. The molecule has 0 radical (unpaired) electrons. The molecule has 0 aliphatic rings. The second-order valence-corrected chi connectivity index (χ2v) is 10.7. The Morgan fingerprint density at radius 2 is 1.71 bits per heavy atom. The van der Waals surface area contributed by atoms with Crippen molar-refractivity contribution in [3.8, 4) is 0 Å². The summed E-state index contributed by atoms with van der Waals surface area (Å²) in [4.78, 5) is 17.6. The predicted molar refractivity (Wildman–Crippen MR) is 127 cm³/mol. The molecule has 9 heteroatoms. The SMILES string of the molecule is CN(c1ccccc1)S(=O)(=O)c1ccc(C(=O)N=c2sc3cc(Br)ccc3n2C)cc1. The average molecular weight is 516 g/mol. The highest BCUT2D eigenvalue weighted by molar-refractivity contribution is 9.10. The number of anilines is 1. The lowest BCUT2D eigenvalue weighted by Crippen LogP contribution is -2.26. The van der Waals surface area contributed by atoms with Gasteiger partial charge in [0.25, 0.3) is 15.9 Å². The summed E-state index contributed by atoms with van der Waals surface area (Å²) in [5.74, 6) is -0.429. The van der Waals surface area contributed by atoms with Gasteiger partial charge in [-0.2, -0.15) is 4.99 Å². The lowest BCUT2D eigenvalue weighted by atomic mass is 10.2. The first-order chi connectivity index (χ1) is 14.8. The molecule has 1 aromatic heterocycles. The molecule has 158 valence electrons. The summed E-state index contributed by atoms with van der Waals surface area (Å²) in [6.45, 7) is 0. The summed E-state index contributed by atoms with van der Waals surface area (Å²) in [6.07, 6.45) is 0. The summed E-state index contributed by atoms with van der Waals surface area (Å²) >= 11 is 4.86. The molecule has 0 fully saturated rings. The smallest absolute Gasteiger partial charge is 0.279 e. The third-order valence-corrected chi connectivity index (χ3v) is 8.24. The van der Waals surface area contributed by atoms with Crippen LogP contribution in [0.4, 0.5) is 5.69 Å². The van der Waals surface area contributed by atoms with Crippen LogP contribution in [0.2, 0.25) is 0 Å². The molecule has 0 spiro atoms. The largest absolute Gasteiger partial charge is 0.319 e. The summed E-state index contributed by atoms with van der Waals surface area (Å²) in [6, 6.07) is 20.5. The van der Waals surface area contributed by atoms with E-state index < -0.39 is 15.9 Å². The van der Waals surface area contributed by atoms with Crippen molar-refractivity contribution in [3.05, 3.63) is 87.6 Å². The van der Waals surface area contributed by atoms with Crippen molar-refractivity contribution in [1.82, 2.24) is 4.57 Å². The Bertz CT molecular complexity index is 1440. The van der Waals surface area contributed by atoms with Crippen LogP contribution in [0.15, 0.2) is 87.2 Å². The molecule has 0 saturated heterocycles. The van der Waals surface area contributed by atoms with Gasteiger partial charge < -0.3 is 4.57 Å². The van der Waals surface area contributed by atoms with Gasteiger partial charge in [0.2, 0.25) is 0 Å². The Balaban J connectivity index is 1.63. The van der Waals surface area contributed by atoms with Gasteiger partial charge >= 0.3 is 0 Å². The zero-order chi connectivity index (χ0) is 22.2. The van der Waals surface area contributed by atoms with Crippen molar-refractivity contribution in [2.45, 2.75) is 4.90 Å². The zero-order valence-electron chi connectivity index (χ0n) is 16.7. The number of carbonyl (C=O) groups is 1. The van der Waals surface area contributed by atoms with Gasteiger partial charge in [0, 0.05) is 24.1 Å². The van der Waals surface area contributed by atoms with E-state index in [2.05, 4.69) is 20.9 Å². The van der Waals surface area contributed by atoms with Crippen LogP contribution in [0.5, 0.6) is 0 Å². The number of hydrogen-bond donors (Lipinski definition) is 0. The van der Waals surface area contributed by atoms with Crippen LogP contribution in [-0.4, -0.2) is 25.9 Å². The molecular formula is C22H18BrN3O3S2. The van der Waals surface area contributed by atoms with E-state index in [1.165, 1.54) is 47.0 Å². The summed E-state index contributed by atoms with van der Waals surface area (Å²) in [5, 5.41) is 0. The van der Waals surface area contributed by atoms with Gasteiger partial charge in [-0.1, -0.05) is 45.5 Å². The number of fused-ring (bicyclic) bond motifs is 1. The molecule has 3 aromatic carbocycles. The standard InChI is InChI=1S/C22H18BrN3O3S2/c1-25-19-13-10-16(23)14-20(19)30-22(25)24-21(27)15-8-11-18(12-9-15)31(28,29)26(2)17-6-4-3-5-7-17/h3-14H,1-2H3. The number of rotatable bonds is 4. The maximum atomic E-state index is 12.9. The van der Waals surface area contributed by atoms with E-state index in [9.17, 15) is 13.2 Å². The maximum Gasteiger partial charge on any atom is 0.279 e. The summed E-state index contributed by atoms with van der Waals surface area (Å²) in [7, 11) is -0.383.